The number of hydrogen-bond acceptors (Lipinski definition) is 4. The van der Waals surface area contributed by atoms with Crippen LogP contribution in [0.15, 0.2) is 24.3 Å². The maximum atomic E-state index is 11.8. The Morgan fingerprint density at radius 1 is 1.19 bits per heavy atom. The van der Waals surface area contributed by atoms with Gasteiger partial charge in [-0.3, -0.25) is 9.59 Å². The predicted molar refractivity (Wildman–Crippen MR) is 80.8 cm³/mol. The van der Waals surface area contributed by atoms with Crippen LogP contribution in [0.2, 0.25) is 0 Å². The summed E-state index contributed by atoms with van der Waals surface area (Å²) in [5, 5.41) is 3.11. The first-order valence-corrected chi connectivity index (χ1v) is 7.05. The largest absolute Gasteiger partial charge is 0.484 e. The molecule has 21 heavy (non-hydrogen) atoms. The van der Waals surface area contributed by atoms with Crippen molar-refractivity contribution in [3.05, 3.63) is 29.8 Å². The van der Waals surface area contributed by atoms with Gasteiger partial charge in [0.25, 0.3) is 5.91 Å². The van der Waals surface area contributed by atoms with Crippen LogP contribution in [0.1, 0.15) is 19.4 Å². The summed E-state index contributed by atoms with van der Waals surface area (Å²) >= 11 is 0. The van der Waals surface area contributed by atoms with Crippen molar-refractivity contribution in [1.82, 2.24) is 10.2 Å². The van der Waals surface area contributed by atoms with E-state index in [1.54, 1.807) is 17.0 Å². The Balaban J connectivity index is 2.36. The summed E-state index contributed by atoms with van der Waals surface area (Å²) in [6.45, 7) is 6.17. The Kier molecular flexibility index (Phi) is 7.25. The third-order valence-electron chi connectivity index (χ3n) is 3.03. The van der Waals surface area contributed by atoms with E-state index in [1.807, 2.05) is 26.0 Å². The summed E-state index contributed by atoms with van der Waals surface area (Å²) in [6, 6.07) is 7.30. The molecule has 2 amide bonds. The normalized spacial score (nSPS) is 10.2. The van der Waals surface area contributed by atoms with E-state index >= 15 is 0 Å². The zero-order valence-corrected chi connectivity index (χ0v) is 12.6. The Labute approximate surface area is 125 Å². The van der Waals surface area contributed by atoms with Crippen molar-refractivity contribution in [2.24, 2.45) is 5.73 Å². The summed E-state index contributed by atoms with van der Waals surface area (Å²) < 4.78 is 5.17. The fourth-order valence-electron chi connectivity index (χ4n) is 1.86. The second kappa shape index (κ2) is 8.97. The first-order chi connectivity index (χ1) is 10.1. The van der Waals surface area contributed by atoms with Gasteiger partial charge in [0.05, 0.1) is 6.54 Å². The number of likely N-dealkylation sites (N-methyl/N-ethyl adjacent to an activating group) is 1. The minimum absolute atomic E-state index is 0.0985. The Bertz CT molecular complexity index is 456. The molecule has 0 aliphatic carbocycles. The second-order valence-electron chi connectivity index (χ2n) is 4.57. The molecule has 1 rings (SSSR count). The van der Waals surface area contributed by atoms with Gasteiger partial charge in [0.15, 0.2) is 6.61 Å². The van der Waals surface area contributed by atoms with Crippen LogP contribution in [-0.2, 0) is 16.1 Å². The number of nitrogens with two attached hydrogens (primary N) is 1. The van der Waals surface area contributed by atoms with Crippen molar-refractivity contribution >= 4 is 11.8 Å². The van der Waals surface area contributed by atoms with E-state index in [0.717, 1.165) is 18.7 Å². The van der Waals surface area contributed by atoms with E-state index in [9.17, 15) is 9.59 Å². The molecule has 0 fully saturated rings. The van der Waals surface area contributed by atoms with Crippen molar-refractivity contribution in [2.75, 3.05) is 26.2 Å². The number of hydrogen-bond donors (Lipinski definition) is 2. The zero-order valence-electron chi connectivity index (χ0n) is 12.6. The average molecular weight is 293 g/mol. The second-order valence-corrected chi connectivity index (χ2v) is 4.57. The van der Waals surface area contributed by atoms with E-state index in [0.29, 0.717) is 18.8 Å². The maximum absolute atomic E-state index is 11.8. The molecular weight excluding hydrogens is 270 g/mol. The van der Waals surface area contributed by atoms with Gasteiger partial charge in [-0.15, -0.1) is 0 Å². The Hall–Kier alpha value is -2.08. The van der Waals surface area contributed by atoms with Crippen LogP contribution < -0.4 is 15.8 Å². The molecule has 0 bridgehead atoms. The van der Waals surface area contributed by atoms with Crippen LogP contribution in [0, 0.1) is 0 Å². The SMILES string of the molecule is CCN(CC)C(=O)CNCc1ccc(OCC(N)=O)cc1. The van der Waals surface area contributed by atoms with Gasteiger partial charge in [0.2, 0.25) is 5.91 Å². The fraction of sp³-hybridized carbons (Fsp3) is 0.467. The lowest BCUT2D eigenvalue weighted by Crippen LogP contribution is -2.37. The molecule has 0 aromatic heterocycles. The predicted octanol–water partition coefficient (Wildman–Crippen LogP) is 0.509. The molecule has 1 aromatic rings. The molecule has 0 aliphatic rings. The van der Waals surface area contributed by atoms with Crippen LogP contribution >= 0.6 is 0 Å². The van der Waals surface area contributed by atoms with E-state index < -0.39 is 5.91 Å². The highest BCUT2D eigenvalue weighted by Crippen LogP contribution is 2.11. The molecule has 0 saturated carbocycles. The molecule has 6 heteroatoms. The van der Waals surface area contributed by atoms with Crippen molar-refractivity contribution < 1.29 is 14.3 Å². The third kappa shape index (κ3) is 6.27. The Morgan fingerprint density at radius 3 is 2.33 bits per heavy atom. The van der Waals surface area contributed by atoms with Gasteiger partial charge >= 0.3 is 0 Å². The third-order valence-corrected chi connectivity index (χ3v) is 3.03. The van der Waals surface area contributed by atoms with Gasteiger partial charge in [-0.2, -0.15) is 0 Å². The lowest BCUT2D eigenvalue weighted by Gasteiger charge is -2.18. The zero-order chi connectivity index (χ0) is 15.7. The number of nitrogens with zero attached hydrogens (tertiary/aromatic N) is 1. The molecule has 1 aromatic carbocycles. The molecule has 0 unspecified atom stereocenters. The van der Waals surface area contributed by atoms with Crippen LogP contribution in [0.25, 0.3) is 0 Å². The molecule has 0 radical (unpaired) electrons. The minimum atomic E-state index is -0.504. The highest BCUT2D eigenvalue weighted by Gasteiger charge is 2.08. The average Bonchev–Trinajstić information content (AvgIpc) is 2.47. The minimum Gasteiger partial charge on any atom is -0.484 e. The standard InChI is InChI=1S/C15H23N3O3/c1-3-18(4-2)15(20)10-17-9-12-5-7-13(8-6-12)21-11-14(16)19/h5-8,17H,3-4,9-11H2,1-2H3,(H2,16,19). The first-order valence-electron chi connectivity index (χ1n) is 7.05. The molecule has 0 atom stereocenters. The number of rotatable bonds is 9. The van der Waals surface area contributed by atoms with Crippen LogP contribution in [0.5, 0.6) is 5.75 Å². The molecule has 116 valence electrons. The molecule has 0 heterocycles. The van der Waals surface area contributed by atoms with Gasteiger partial charge in [-0.1, -0.05) is 12.1 Å². The molecule has 6 nitrogen and oxygen atoms in total. The topological polar surface area (TPSA) is 84.7 Å². The summed E-state index contributed by atoms with van der Waals surface area (Å²) in [7, 11) is 0. The summed E-state index contributed by atoms with van der Waals surface area (Å²) in [5.41, 5.74) is 6.04. The molecular formula is C15H23N3O3. The Morgan fingerprint density at radius 2 is 1.81 bits per heavy atom. The highest BCUT2D eigenvalue weighted by molar-refractivity contribution is 5.78. The number of ether oxygens (including phenoxy) is 1. The number of primary amides is 1. The smallest absolute Gasteiger partial charge is 0.255 e. The quantitative estimate of drug-likeness (QED) is 0.695. The van der Waals surface area contributed by atoms with Gasteiger partial charge in [-0.25, -0.2) is 0 Å². The maximum Gasteiger partial charge on any atom is 0.255 e. The van der Waals surface area contributed by atoms with Gasteiger partial charge < -0.3 is 20.7 Å². The number of carbonyl (C=O) groups is 2. The molecule has 0 spiro atoms. The molecule has 0 saturated heterocycles. The van der Waals surface area contributed by atoms with E-state index in [4.69, 9.17) is 10.5 Å². The van der Waals surface area contributed by atoms with Crippen LogP contribution in [0.3, 0.4) is 0 Å². The van der Waals surface area contributed by atoms with Crippen molar-refractivity contribution in [3.8, 4) is 5.75 Å². The lowest BCUT2D eigenvalue weighted by molar-refractivity contribution is -0.129. The highest BCUT2D eigenvalue weighted by atomic mass is 16.5. The lowest BCUT2D eigenvalue weighted by atomic mass is 10.2. The van der Waals surface area contributed by atoms with Crippen LogP contribution in [-0.4, -0.2) is 43.0 Å². The van der Waals surface area contributed by atoms with E-state index in [1.165, 1.54) is 0 Å². The van der Waals surface area contributed by atoms with Gasteiger partial charge in [0.1, 0.15) is 5.75 Å². The fourth-order valence-corrected chi connectivity index (χ4v) is 1.86. The molecule has 3 N–H and O–H groups in total. The van der Waals surface area contributed by atoms with Gasteiger partial charge in [-0.05, 0) is 31.5 Å². The number of nitrogens with one attached hydrogen (secondary N) is 1. The van der Waals surface area contributed by atoms with Crippen molar-refractivity contribution in [3.63, 3.8) is 0 Å². The van der Waals surface area contributed by atoms with Gasteiger partial charge in [0, 0.05) is 19.6 Å². The first kappa shape index (κ1) is 17.0. The summed E-state index contributed by atoms with van der Waals surface area (Å²) in [6.07, 6.45) is 0. The molecule has 0 aliphatic heterocycles. The number of benzene rings is 1. The monoisotopic (exact) mass is 293 g/mol. The van der Waals surface area contributed by atoms with E-state index in [2.05, 4.69) is 5.32 Å². The van der Waals surface area contributed by atoms with Crippen LogP contribution in [0.4, 0.5) is 0 Å². The summed E-state index contributed by atoms with van der Waals surface area (Å²) in [5.74, 6) is 0.189. The van der Waals surface area contributed by atoms with Crippen molar-refractivity contribution in [1.29, 1.82) is 0 Å². The summed E-state index contributed by atoms with van der Waals surface area (Å²) in [4.78, 5) is 24.2. The number of amides is 2. The van der Waals surface area contributed by atoms with Crippen molar-refractivity contribution in [2.45, 2.75) is 20.4 Å². The van der Waals surface area contributed by atoms with E-state index in [-0.39, 0.29) is 12.5 Å². The number of carbonyl (C=O) groups excluding carboxylic acids is 2.